The molecular formula is C14H9FN2O3S. The van der Waals surface area contributed by atoms with Gasteiger partial charge in [-0.25, -0.2) is 19.2 Å². The molecule has 21 heavy (non-hydrogen) atoms. The molecule has 0 aliphatic rings. The number of carboxylic acids is 1. The van der Waals surface area contributed by atoms with Crippen LogP contribution in [0.15, 0.2) is 29.9 Å². The van der Waals surface area contributed by atoms with Crippen molar-refractivity contribution in [1.29, 1.82) is 0 Å². The number of halogens is 1. The van der Waals surface area contributed by atoms with Gasteiger partial charge in [0.05, 0.1) is 5.52 Å². The molecule has 1 N–H and O–H groups in total. The molecule has 2 heterocycles. The van der Waals surface area contributed by atoms with Crippen LogP contribution in [0.4, 0.5) is 4.39 Å². The van der Waals surface area contributed by atoms with Crippen LogP contribution in [0.2, 0.25) is 0 Å². The van der Waals surface area contributed by atoms with Crippen LogP contribution in [0.3, 0.4) is 0 Å². The van der Waals surface area contributed by atoms with Gasteiger partial charge in [0.2, 0.25) is 5.88 Å². The quantitative estimate of drug-likeness (QED) is 0.800. The average molecular weight is 304 g/mol. The molecular weight excluding hydrogens is 295 g/mol. The van der Waals surface area contributed by atoms with Crippen LogP contribution < -0.4 is 4.74 Å². The van der Waals surface area contributed by atoms with E-state index < -0.39 is 11.8 Å². The number of rotatable bonds is 3. The van der Waals surface area contributed by atoms with Gasteiger partial charge in [-0.3, -0.25) is 0 Å². The van der Waals surface area contributed by atoms with E-state index in [1.54, 1.807) is 0 Å². The number of nitrogens with zero attached hydrogens (tertiary/aromatic N) is 2. The van der Waals surface area contributed by atoms with E-state index in [-0.39, 0.29) is 17.2 Å². The van der Waals surface area contributed by atoms with Crippen LogP contribution in [-0.4, -0.2) is 21.0 Å². The minimum Gasteiger partial charge on any atom is -0.478 e. The number of fused-ring (bicyclic) bond motifs is 1. The maximum atomic E-state index is 13.2. The Morgan fingerprint density at radius 3 is 2.95 bits per heavy atom. The number of thiophene rings is 1. The number of benzene rings is 1. The maximum absolute atomic E-state index is 13.2. The van der Waals surface area contributed by atoms with Crippen molar-refractivity contribution in [3.63, 3.8) is 0 Å². The molecule has 0 bridgehead atoms. The summed E-state index contributed by atoms with van der Waals surface area (Å²) in [5.41, 5.74) is 1.49. The second-order valence-corrected chi connectivity index (χ2v) is 5.20. The number of aromatic nitrogens is 2. The van der Waals surface area contributed by atoms with Crippen LogP contribution in [0.5, 0.6) is 11.6 Å². The first-order valence-corrected chi connectivity index (χ1v) is 6.83. The Morgan fingerprint density at radius 1 is 1.38 bits per heavy atom. The summed E-state index contributed by atoms with van der Waals surface area (Å²) < 4.78 is 19.4. The molecule has 7 heteroatoms. The topological polar surface area (TPSA) is 72.3 Å². The summed E-state index contributed by atoms with van der Waals surface area (Å²) in [6.07, 6.45) is 1.35. The molecule has 0 fully saturated rings. The minimum atomic E-state index is -1.27. The zero-order valence-corrected chi connectivity index (χ0v) is 11.6. The number of ether oxygens (including phenoxy) is 1. The van der Waals surface area contributed by atoms with E-state index in [1.807, 2.05) is 12.3 Å². The van der Waals surface area contributed by atoms with Crippen LogP contribution >= 0.6 is 11.3 Å². The van der Waals surface area contributed by atoms with Gasteiger partial charge in [0, 0.05) is 0 Å². The highest BCUT2D eigenvalue weighted by atomic mass is 32.1. The van der Waals surface area contributed by atoms with Crippen molar-refractivity contribution in [2.75, 3.05) is 0 Å². The molecule has 0 radical (unpaired) electrons. The van der Waals surface area contributed by atoms with E-state index in [2.05, 4.69) is 9.97 Å². The highest BCUT2D eigenvalue weighted by Gasteiger charge is 2.16. The molecule has 0 saturated carbocycles. The summed E-state index contributed by atoms with van der Waals surface area (Å²) in [6, 6.07) is 3.32. The Kier molecular flexibility index (Phi) is 3.26. The van der Waals surface area contributed by atoms with Gasteiger partial charge in [0.25, 0.3) is 0 Å². The number of hydrogen-bond acceptors (Lipinski definition) is 5. The first kappa shape index (κ1) is 13.4. The lowest BCUT2D eigenvalue weighted by atomic mass is 10.2. The van der Waals surface area contributed by atoms with E-state index in [0.717, 1.165) is 27.9 Å². The Bertz CT molecular complexity index is 847. The summed E-state index contributed by atoms with van der Waals surface area (Å²) in [5.74, 6) is -1.61. The summed E-state index contributed by atoms with van der Waals surface area (Å²) in [7, 11) is 0. The highest BCUT2D eigenvalue weighted by Crippen LogP contribution is 2.34. The fourth-order valence-corrected chi connectivity index (χ4v) is 2.81. The third kappa shape index (κ3) is 2.43. The Hall–Kier alpha value is -2.54. The molecule has 0 unspecified atom stereocenters. The second-order valence-electron chi connectivity index (χ2n) is 4.32. The summed E-state index contributed by atoms with van der Waals surface area (Å²) >= 11 is 1.41. The number of hydrogen-bond donors (Lipinski definition) is 1. The van der Waals surface area contributed by atoms with Crippen LogP contribution in [0.1, 0.15) is 15.9 Å². The zero-order valence-electron chi connectivity index (χ0n) is 10.8. The fraction of sp³-hybridized carbons (Fsp3) is 0.0714. The maximum Gasteiger partial charge on any atom is 0.339 e. The Morgan fingerprint density at radius 2 is 2.19 bits per heavy atom. The van der Waals surface area contributed by atoms with E-state index in [9.17, 15) is 9.18 Å². The molecule has 0 spiro atoms. The smallest absolute Gasteiger partial charge is 0.339 e. The standard InChI is InChI=1S/C14H9FN2O3S/c1-7-5-21-12-11(7)16-6-17-13(12)20-10-3-2-8(15)4-9(10)14(18)19/h2-6H,1H3,(H,18,19). The van der Waals surface area contributed by atoms with E-state index in [1.165, 1.54) is 23.7 Å². The van der Waals surface area contributed by atoms with Gasteiger partial charge in [0.1, 0.15) is 28.2 Å². The number of carboxylic acid groups (broad SMARTS) is 1. The summed E-state index contributed by atoms with van der Waals surface area (Å²) in [5, 5.41) is 11.0. The fourth-order valence-electron chi connectivity index (χ4n) is 1.88. The lowest BCUT2D eigenvalue weighted by Gasteiger charge is -2.08. The van der Waals surface area contributed by atoms with Crippen molar-refractivity contribution in [2.24, 2.45) is 0 Å². The third-order valence-electron chi connectivity index (χ3n) is 2.88. The first-order chi connectivity index (χ1) is 10.1. The van der Waals surface area contributed by atoms with Crippen LogP contribution in [0, 0.1) is 12.7 Å². The second kappa shape index (κ2) is 5.10. The lowest BCUT2D eigenvalue weighted by Crippen LogP contribution is -2.01. The Labute approximate surface area is 122 Å². The molecule has 3 rings (SSSR count). The summed E-state index contributed by atoms with van der Waals surface area (Å²) in [6.45, 7) is 1.91. The molecule has 0 aliphatic heterocycles. The number of aromatic carboxylic acids is 1. The van der Waals surface area contributed by atoms with E-state index in [4.69, 9.17) is 9.84 Å². The van der Waals surface area contributed by atoms with Crippen LogP contribution in [-0.2, 0) is 0 Å². The largest absolute Gasteiger partial charge is 0.478 e. The molecule has 0 saturated heterocycles. The van der Waals surface area contributed by atoms with Crippen LogP contribution in [0.25, 0.3) is 10.2 Å². The van der Waals surface area contributed by atoms with Gasteiger partial charge in [-0.05, 0) is 36.1 Å². The molecule has 3 aromatic rings. The van der Waals surface area contributed by atoms with Gasteiger partial charge in [-0.2, -0.15) is 0 Å². The average Bonchev–Trinajstić information content (AvgIpc) is 2.83. The zero-order chi connectivity index (χ0) is 15.0. The SMILES string of the molecule is Cc1csc2c(Oc3ccc(F)cc3C(=O)O)ncnc12. The van der Waals surface area contributed by atoms with Gasteiger partial charge >= 0.3 is 5.97 Å². The van der Waals surface area contributed by atoms with Gasteiger partial charge in [-0.15, -0.1) is 11.3 Å². The predicted octanol–water partition coefficient (Wildman–Crippen LogP) is 3.63. The van der Waals surface area contributed by atoms with Crippen molar-refractivity contribution in [1.82, 2.24) is 9.97 Å². The Balaban J connectivity index is 2.09. The predicted molar refractivity (Wildman–Crippen MR) is 75.6 cm³/mol. The third-order valence-corrected chi connectivity index (χ3v) is 3.95. The van der Waals surface area contributed by atoms with Crippen molar-refractivity contribution in [3.05, 3.63) is 46.9 Å². The monoisotopic (exact) mass is 304 g/mol. The van der Waals surface area contributed by atoms with Crippen molar-refractivity contribution < 1.29 is 19.0 Å². The van der Waals surface area contributed by atoms with E-state index >= 15 is 0 Å². The highest BCUT2D eigenvalue weighted by molar-refractivity contribution is 7.17. The minimum absolute atomic E-state index is 0.0370. The molecule has 0 amide bonds. The van der Waals surface area contributed by atoms with Crippen molar-refractivity contribution >= 4 is 27.5 Å². The summed E-state index contributed by atoms with van der Waals surface area (Å²) in [4.78, 5) is 19.3. The normalized spacial score (nSPS) is 10.8. The molecule has 0 aliphatic carbocycles. The molecule has 5 nitrogen and oxygen atoms in total. The molecule has 1 aromatic carbocycles. The van der Waals surface area contributed by atoms with Gasteiger partial charge in [-0.1, -0.05) is 0 Å². The van der Waals surface area contributed by atoms with Crippen molar-refractivity contribution in [3.8, 4) is 11.6 Å². The van der Waals surface area contributed by atoms with Gasteiger partial charge in [0.15, 0.2) is 0 Å². The molecule has 106 valence electrons. The van der Waals surface area contributed by atoms with Gasteiger partial charge < -0.3 is 9.84 Å². The van der Waals surface area contributed by atoms with E-state index in [0.29, 0.717) is 0 Å². The lowest BCUT2D eigenvalue weighted by molar-refractivity contribution is 0.0693. The van der Waals surface area contributed by atoms with Crippen molar-refractivity contribution in [2.45, 2.75) is 6.92 Å². The molecule has 0 atom stereocenters. The number of carbonyl (C=O) groups is 1. The number of aryl methyl sites for hydroxylation is 1. The molecule has 2 aromatic heterocycles. The first-order valence-electron chi connectivity index (χ1n) is 5.96.